The number of hydrogen-bond acceptors (Lipinski definition) is 4. The van der Waals surface area contributed by atoms with Gasteiger partial charge in [0.2, 0.25) is 5.91 Å². The Bertz CT molecular complexity index is 669. The fraction of sp³-hybridized carbons (Fsp3) is 0.200. The number of pyridine rings is 1. The van der Waals surface area contributed by atoms with Gasteiger partial charge in [-0.15, -0.1) is 0 Å². The molecule has 3 rings (SSSR count). The van der Waals surface area contributed by atoms with Crippen molar-refractivity contribution in [3.63, 3.8) is 0 Å². The summed E-state index contributed by atoms with van der Waals surface area (Å²) in [5, 5.41) is 0. The van der Waals surface area contributed by atoms with E-state index in [4.69, 9.17) is 11.5 Å². The van der Waals surface area contributed by atoms with Crippen molar-refractivity contribution in [1.82, 2.24) is 4.98 Å². The molecule has 4 N–H and O–H groups in total. The van der Waals surface area contributed by atoms with Gasteiger partial charge in [0.1, 0.15) is 5.82 Å². The van der Waals surface area contributed by atoms with Crippen molar-refractivity contribution in [1.29, 1.82) is 0 Å². The lowest BCUT2D eigenvalue weighted by Gasteiger charge is -2.30. The Morgan fingerprint density at radius 3 is 2.85 bits per heavy atom. The predicted molar refractivity (Wildman–Crippen MR) is 78.4 cm³/mol. The quantitative estimate of drug-likeness (QED) is 0.804. The van der Waals surface area contributed by atoms with Gasteiger partial charge in [-0.3, -0.25) is 4.79 Å². The van der Waals surface area contributed by atoms with Gasteiger partial charge in [0, 0.05) is 30.5 Å². The molecule has 20 heavy (non-hydrogen) atoms. The Kier molecular flexibility index (Phi) is 3.02. The molecule has 0 radical (unpaired) electrons. The van der Waals surface area contributed by atoms with E-state index in [1.165, 1.54) is 11.1 Å². The number of hydrogen-bond donors (Lipinski definition) is 2. The summed E-state index contributed by atoms with van der Waals surface area (Å²) in [6, 6.07) is 9.37. The number of benzene rings is 1. The summed E-state index contributed by atoms with van der Waals surface area (Å²) in [6.07, 6.45) is 2.56. The topological polar surface area (TPSA) is 85.2 Å². The van der Waals surface area contributed by atoms with E-state index in [2.05, 4.69) is 16.0 Å². The number of primary amides is 1. The van der Waals surface area contributed by atoms with E-state index >= 15 is 0 Å². The fourth-order valence-electron chi connectivity index (χ4n) is 2.52. The van der Waals surface area contributed by atoms with E-state index in [1.54, 1.807) is 18.3 Å². The Morgan fingerprint density at radius 2 is 2.05 bits per heavy atom. The molecule has 1 aliphatic rings. The van der Waals surface area contributed by atoms with Crippen LogP contribution in [0.3, 0.4) is 0 Å². The van der Waals surface area contributed by atoms with Gasteiger partial charge in [0.05, 0.1) is 0 Å². The van der Waals surface area contributed by atoms with Crippen molar-refractivity contribution in [2.45, 2.75) is 13.0 Å². The van der Waals surface area contributed by atoms with Crippen molar-refractivity contribution >= 4 is 17.4 Å². The zero-order valence-corrected chi connectivity index (χ0v) is 11.0. The Morgan fingerprint density at radius 1 is 1.20 bits per heavy atom. The Balaban J connectivity index is 1.90. The Hall–Kier alpha value is -2.56. The number of aromatic nitrogens is 1. The third-order valence-electron chi connectivity index (χ3n) is 3.60. The van der Waals surface area contributed by atoms with Crippen LogP contribution in [0, 0.1) is 0 Å². The molecule has 2 aromatic rings. The maximum atomic E-state index is 11.2. The first-order valence-corrected chi connectivity index (χ1v) is 6.51. The molecule has 1 aromatic carbocycles. The number of fused-ring (bicyclic) bond motifs is 1. The normalized spacial score (nSPS) is 13.9. The standard InChI is InChI=1S/C15H16N4O/c16-13-2-1-10-4-6-19(9-12(10)7-13)14-8-11(15(17)20)3-5-18-14/h1-3,5,7-8H,4,6,9,16H2,(H2,17,20). The van der Waals surface area contributed by atoms with Gasteiger partial charge in [0.15, 0.2) is 0 Å². The lowest BCUT2D eigenvalue weighted by Crippen LogP contribution is -2.31. The van der Waals surface area contributed by atoms with Crippen LogP contribution in [0.2, 0.25) is 0 Å². The number of nitrogens with two attached hydrogens (primary N) is 2. The lowest BCUT2D eigenvalue weighted by molar-refractivity contribution is 0.1000. The zero-order chi connectivity index (χ0) is 14.1. The van der Waals surface area contributed by atoms with Gasteiger partial charge in [-0.1, -0.05) is 6.07 Å². The molecule has 1 aromatic heterocycles. The van der Waals surface area contributed by atoms with Crippen LogP contribution in [0.4, 0.5) is 11.5 Å². The van der Waals surface area contributed by atoms with Crippen LogP contribution in [0.25, 0.3) is 0 Å². The van der Waals surface area contributed by atoms with Crippen LogP contribution < -0.4 is 16.4 Å². The molecule has 1 amide bonds. The monoisotopic (exact) mass is 268 g/mol. The first-order chi connectivity index (χ1) is 9.63. The minimum atomic E-state index is -0.435. The number of amides is 1. The highest BCUT2D eigenvalue weighted by Gasteiger charge is 2.18. The van der Waals surface area contributed by atoms with E-state index in [-0.39, 0.29) is 0 Å². The summed E-state index contributed by atoms with van der Waals surface area (Å²) in [7, 11) is 0. The summed E-state index contributed by atoms with van der Waals surface area (Å²) in [5.41, 5.74) is 14.9. The van der Waals surface area contributed by atoms with E-state index in [0.717, 1.165) is 31.0 Å². The summed E-state index contributed by atoms with van der Waals surface area (Å²) in [5.74, 6) is 0.338. The maximum Gasteiger partial charge on any atom is 0.248 e. The van der Waals surface area contributed by atoms with Crippen LogP contribution in [-0.2, 0) is 13.0 Å². The van der Waals surface area contributed by atoms with Gasteiger partial charge in [-0.05, 0) is 41.8 Å². The van der Waals surface area contributed by atoms with Crippen LogP contribution in [0.5, 0.6) is 0 Å². The number of nitrogens with zero attached hydrogens (tertiary/aromatic N) is 2. The van der Waals surface area contributed by atoms with E-state index < -0.39 is 5.91 Å². The molecular weight excluding hydrogens is 252 g/mol. The number of anilines is 2. The molecule has 0 unspecified atom stereocenters. The lowest BCUT2D eigenvalue weighted by atomic mass is 9.99. The third-order valence-corrected chi connectivity index (χ3v) is 3.60. The van der Waals surface area contributed by atoms with Gasteiger partial charge in [-0.25, -0.2) is 4.98 Å². The molecule has 5 heteroatoms. The van der Waals surface area contributed by atoms with Gasteiger partial charge in [0.25, 0.3) is 0 Å². The average Bonchev–Trinajstić information content (AvgIpc) is 2.46. The fourth-order valence-corrected chi connectivity index (χ4v) is 2.52. The number of carbonyl (C=O) groups is 1. The van der Waals surface area contributed by atoms with E-state index in [9.17, 15) is 4.79 Å². The van der Waals surface area contributed by atoms with Gasteiger partial charge in [-0.2, -0.15) is 0 Å². The van der Waals surface area contributed by atoms with E-state index in [0.29, 0.717) is 5.56 Å². The van der Waals surface area contributed by atoms with Crippen molar-refractivity contribution in [2.24, 2.45) is 5.73 Å². The molecule has 0 fully saturated rings. The second-order valence-electron chi connectivity index (χ2n) is 4.97. The molecular formula is C15H16N4O. The number of rotatable bonds is 2. The largest absolute Gasteiger partial charge is 0.399 e. The molecule has 0 spiro atoms. The predicted octanol–water partition coefficient (Wildman–Crippen LogP) is 1.33. The summed E-state index contributed by atoms with van der Waals surface area (Å²) in [4.78, 5) is 17.7. The highest BCUT2D eigenvalue weighted by molar-refractivity contribution is 5.93. The zero-order valence-electron chi connectivity index (χ0n) is 11.0. The van der Waals surface area contributed by atoms with Crippen LogP contribution in [0.15, 0.2) is 36.5 Å². The second-order valence-corrected chi connectivity index (χ2v) is 4.97. The maximum absolute atomic E-state index is 11.2. The molecule has 0 saturated heterocycles. The van der Waals surface area contributed by atoms with Crippen molar-refractivity contribution in [3.8, 4) is 0 Å². The van der Waals surface area contributed by atoms with Crippen LogP contribution >= 0.6 is 0 Å². The van der Waals surface area contributed by atoms with Crippen molar-refractivity contribution < 1.29 is 4.79 Å². The van der Waals surface area contributed by atoms with E-state index in [1.807, 2.05) is 12.1 Å². The minimum Gasteiger partial charge on any atom is -0.399 e. The summed E-state index contributed by atoms with van der Waals surface area (Å²) < 4.78 is 0. The average molecular weight is 268 g/mol. The smallest absolute Gasteiger partial charge is 0.248 e. The van der Waals surface area contributed by atoms with Gasteiger partial charge < -0.3 is 16.4 Å². The molecule has 0 atom stereocenters. The van der Waals surface area contributed by atoms with Crippen molar-refractivity contribution in [3.05, 3.63) is 53.2 Å². The Labute approximate surface area is 117 Å². The first kappa shape index (κ1) is 12.5. The summed E-state index contributed by atoms with van der Waals surface area (Å²) >= 11 is 0. The number of carbonyl (C=O) groups excluding carboxylic acids is 1. The van der Waals surface area contributed by atoms with Crippen LogP contribution in [-0.4, -0.2) is 17.4 Å². The molecule has 2 heterocycles. The SMILES string of the molecule is NC(=O)c1ccnc(N2CCc3ccc(N)cc3C2)c1. The highest BCUT2D eigenvalue weighted by Crippen LogP contribution is 2.25. The minimum absolute atomic E-state index is 0.435. The highest BCUT2D eigenvalue weighted by atomic mass is 16.1. The number of nitrogen functional groups attached to an aromatic ring is 1. The molecule has 0 saturated carbocycles. The molecule has 1 aliphatic heterocycles. The van der Waals surface area contributed by atoms with Crippen LogP contribution in [0.1, 0.15) is 21.5 Å². The summed E-state index contributed by atoms with van der Waals surface area (Å²) in [6.45, 7) is 1.61. The second kappa shape index (κ2) is 4.85. The van der Waals surface area contributed by atoms with Crippen molar-refractivity contribution in [2.75, 3.05) is 17.2 Å². The molecule has 0 aliphatic carbocycles. The first-order valence-electron chi connectivity index (χ1n) is 6.51. The third kappa shape index (κ3) is 2.30. The van der Waals surface area contributed by atoms with Gasteiger partial charge >= 0.3 is 0 Å². The molecule has 5 nitrogen and oxygen atoms in total. The molecule has 102 valence electrons. The molecule has 0 bridgehead atoms.